The molecule has 0 aliphatic carbocycles. The number of aryl methyl sites for hydroxylation is 2. The summed E-state index contributed by atoms with van der Waals surface area (Å²) < 4.78 is 0. The second-order valence-corrected chi connectivity index (χ2v) is 7.91. The van der Waals surface area contributed by atoms with E-state index in [2.05, 4.69) is 16.0 Å². The maximum absolute atomic E-state index is 13.5. The molecule has 29 heavy (non-hydrogen) atoms. The lowest BCUT2D eigenvalue weighted by Crippen LogP contribution is -2.31. The lowest BCUT2D eigenvalue weighted by atomic mass is 10.1. The van der Waals surface area contributed by atoms with E-state index in [1.165, 1.54) is 0 Å². The van der Waals surface area contributed by atoms with Crippen LogP contribution in [0.1, 0.15) is 27.2 Å². The Balaban J connectivity index is 1.83. The summed E-state index contributed by atoms with van der Waals surface area (Å²) >= 11 is 12.5. The molecule has 0 bridgehead atoms. The van der Waals surface area contributed by atoms with E-state index in [1.807, 2.05) is 32.0 Å². The molecule has 0 fully saturated rings. The van der Waals surface area contributed by atoms with Gasteiger partial charge in [-0.2, -0.15) is 0 Å². The molecule has 2 aromatic carbocycles. The van der Waals surface area contributed by atoms with Crippen molar-refractivity contribution in [3.63, 3.8) is 0 Å². The van der Waals surface area contributed by atoms with Gasteiger partial charge in [-0.1, -0.05) is 35.3 Å². The molecule has 0 aliphatic rings. The van der Waals surface area contributed by atoms with E-state index in [0.717, 1.165) is 27.7 Å². The summed E-state index contributed by atoms with van der Waals surface area (Å²) in [6.07, 6.45) is 3.31. The number of hydrogen-bond donors (Lipinski definition) is 1. The van der Waals surface area contributed by atoms with Crippen LogP contribution in [-0.2, 0) is 6.54 Å². The average Bonchev–Trinajstić information content (AvgIpc) is 3.06. The molecule has 1 amide bonds. The monoisotopic (exact) mass is 423 g/mol. The lowest BCUT2D eigenvalue weighted by molar-refractivity contribution is 0.0984. The van der Waals surface area contributed by atoms with Crippen LogP contribution in [0.4, 0.5) is 5.69 Å². The van der Waals surface area contributed by atoms with Crippen LogP contribution in [0.15, 0.2) is 60.9 Å². The van der Waals surface area contributed by atoms with Gasteiger partial charge in [0, 0.05) is 50.3 Å². The largest absolute Gasteiger partial charge is 0.359 e. The summed E-state index contributed by atoms with van der Waals surface area (Å²) in [6, 6.07) is 15.0. The number of nitrogens with zero attached hydrogens (tertiary/aromatic N) is 2. The highest BCUT2D eigenvalue weighted by molar-refractivity contribution is 6.35. The number of H-pyrrole nitrogens is 1. The fourth-order valence-electron chi connectivity index (χ4n) is 3.50. The first-order valence-corrected chi connectivity index (χ1v) is 9.94. The average molecular weight is 424 g/mol. The molecule has 4 aromatic rings. The molecule has 0 aliphatic heterocycles. The van der Waals surface area contributed by atoms with Crippen molar-refractivity contribution in [1.29, 1.82) is 0 Å². The van der Waals surface area contributed by atoms with Crippen LogP contribution in [0, 0.1) is 13.8 Å². The smallest absolute Gasteiger partial charge is 0.258 e. The number of rotatable bonds is 4. The Kier molecular flexibility index (Phi) is 5.31. The van der Waals surface area contributed by atoms with Gasteiger partial charge < -0.3 is 9.88 Å². The van der Waals surface area contributed by atoms with Gasteiger partial charge in [-0.15, -0.1) is 0 Å². The highest BCUT2D eigenvalue weighted by Gasteiger charge is 2.22. The maximum atomic E-state index is 13.5. The summed E-state index contributed by atoms with van der Waals surface area (Å²) in [4.78, 5) is 22.7. The second kappa shape index (κ2) is 7.90. The number of pyridine rings is 1. The molecule has 2 heterocycles. The number of carbonyl (C=O) groups is 1. The molecule has 0 spiro atoms. The summed E-state index contributed by atoms with van der Waals surface area (Å²) in [5.41, 5.74) is 5.19. The zero-order valence-electron chi connectivity index (χ0n) is 16.0. The molecular formula is C23H19Cl2N3O. The Bertz CT molecular complexity index is 1200. The van der Waals surface area contributed by atoms with Gasteiger partial charge in [0.25, 0.3) is 5.91 Å². The van der Waals surface area contributed by atoms with Gasteiger partial charge in [0.15, 0.2) is 0 Å². The summed E-state index contributed by atoms with van der Waals surface area (Å²) in [6.45, 7) is 4.27. The predicted molar refractivity (Wildman–Crippen MR) is 119 cm³/mol. The van der Waals surface area contributed by atoms with E-state index < -0.39 is 0 Å². The first-order valence-electron chi connectivity index (χ1n) is 9.18. The third-order valence-corrected chi connectivity index (χ3v) is 5.31. The van der Waals surface area contributed by atoms with Crippen LogP contribution < -0.4 is 4.90 Å². The molecule has 0 saturated carbocycles. The van der Waals surface area contributed by atoms with Gasteiger partial charge in [0.05, 0.1) is 6.54 Å². The molecule has 4 nitrogen and oxygen atoms in total. The molecule has 0 saturated heterocycles. The highest BCUT2D eigenvalue weighted by atomic mass is 35.5. The Morgan fingerprint density at radius 1 is 1.07 bits per heavy atom. The van der Waals surface area contributed by atoms with Crippen molar-refractivity contribution in [3.05, 3.63) is 93.4 Å². The number of anilines is 1. The quantitative estimate of drug-likeness (QED) is 0.416. The van der Waals surface area contributed by atoms with Crippen molar-refractivity contribution in [1.82, 2.24) is 9.97 Å². The first kappa shape index (κ1) is 19.5. The summed E-state index contributed by atoms with van der Waals surface area (Å²) in [5, 5.41) is 2.04. The molecule has 0 unspecified atom stereocenters. The van der Waals surface area contributed by atoms with Gasteiger partial charge in [0.1, 0.15) is 0 Å². The number of benzene rings is 2. The van der Waals surface area contributed by atoms with E-state index in [-0.39, 0.29) is 5.91 Å². The number of carbonyl (C=O) groups excluding carboxylic acids is 1. The number of fused-ring (bicyclic) bond motifs is 1. The molecule has 0 atom stereocenters. The molecular weight excluding hydrogens is 405 g/mol. The first-order chi connectivity index (χ1) is 13.9. The SMILES string of the molecule is Cc1cc2c(CN(C(=O)c3ccncc3C)c3cc(Cl)cc(Cl)c3)cccc2[nH]1. The number of aromatic nitrogens is 2. The van der Waals surface area contributed by atoms with E-state index >= 15 is 0 Å². The summed E-state index contributed by atoms with van der Waals surface area (Å²) in [5.74, 6) is -0.132. The van der Waals surface area contributed by atoms with Crippen molar-refractivity contribution < 1.29 is 4.79 Å². The summed E-state index contributed by atoms with van der Waals surface area (Å²) in [7, 11) is 0. The Hall–Kier alpha value is -2.82. The van der Waals surface area contributed by atoms with Gasteiger partial charge >= 0.3 is 0 Å². The third kappa shape index (κ3) is 4.00. The van der Waals surface area contributed by atoms with Crippen LogP contribution >= 0.6 is 23.2 Å². The van der Waals surface area contributed by atoms with Crippen molar-refractivity contribution >= 4 is 45.7 Å². The zero-order chi connectivity index (χ0) is 20.5. The van der Waals surface area contributed by atoms with Crippen molar-refractivity contribution in [2.24, 2.45) is 0 Å². The maximum Gasteiger partial charge on any atom is 0.258 e. The van der Waals surface area contributed by atoms with Crippen LogP contribution in [0.25, 0.3) is 10.9 Å². The number of nitrogens with one attached hydrogen (secondary N) is 1. The minimum Gasteiger partial charge on any atom is -0.359 e. The molecule has 4 rings (SSSR count). The van der Waals surface area contributed by atoms with Crippen LogP contribution in [0.5, 0.6) is 0 Å². The van der Waals surface area contributed by atoms with E-state index in [0.29, 0.717) is 27.8 Å². The van der Waals surface area contributed by atoms with Gasteiger partial charge in [-0.25, -0.2) is 0 Å². The minimum atomic E-state index is -0.132. The topological polar surface area (TPSA) is 49.0 Å². The minimum absolute atomic E-state index is 0.132. The van der Waals surface area contributed by atoms with Crippen molar-refractivity contribution in [2.45, 2.75) is 20.4 Å². The number of aromatic amines is 1. The van der Waals surface area contributed by atoms with Crippen molar-refractivity contribution in [2.75, 3.05) is 4.90 Å². The Morgan fingerprint density at radius 3 is 2.55 bits per heavy atom. The van der Waals surface area contributed by atoms with Crippen molar-refractivity contribution in [3.8, 4) is 0 Å². The predicted octanol–water partition coefficient (Wildman–Crippen LogP) is 6.33. The molecule has 1 N–H and O–H groups in total. The number of hydrogen-bond acceptors (Lipinski definition) is 2. The van der Waals surface area contributed by atoms with E-state index in [9.17, 15) is 4.79 Å². The highest BCUT2D eigenvalue weighted by Crippen LogP contribution is 2.30. The zero-order valence-corrected chi connectivity index (χ0v) is 17.6. The van der Waals surface area contributed by atoms with E-state index in [1.54, 1.807) is 41.6 Å². The Labute approximate surface area is 179 Å². The van der Waals surface area contributed by atoms with E-state index in [4.69, 9.17) is 23.2 Å². The lowest BCUT2D eigenvalue weighted by Gasteiger charge is -2.25. The van der Waals surface area contributed by atoms with Crippen LogP contribution in [0.3, 0.4) is 0 Å². The molecule has 146 valence electrons. The fourth-order valence-corrected chi connectivity index (χ4v) is 4.01. The van der Waals surface area contributed by atoms with Crippen LogP contribution in [0.2, 0.25) is 10.0 Å². The van der Waals surface area contributed by atoms with Gasteiger partial charge in [-0.05, 0) is 61.4 Å². The number of amides is 1. The van der Waals surface area contributed by atoms with Gasteiger partial charge in [0.2, 0.25) is 0 Å². The Morgan fingerprint density at radius 2 is 1.83 bits per heavy atom. The standard InChI is InChI=1S/C23H19Cl2N3O/c1-14-12-26-7-6-20(14)23(29)28(19-10-17(24)9-18(25)11-19)13-16-4-3-5-22-21(16)8-15(2)27-22/h3-12,27H,13H2,1-2H3. The number of halogens is 2. The van der Waals surface area contributed by atoms with Crippen LogP contribution in [-0.4, -0.2) is 15.9 Å². The normalized spacial score (nSPS) is 11.0. The molecule has 6 heteroatoms. The molecule has 2 aromatic heterocycles. The molecule has 0 radical (unpaired) electrons. The van der Waals surface area contributed by atoms with Gasteiger partial charge in [-0.3, -0.25) is 9.78 Å². The fraction of sp³-hybridized carbons (Fsp3) is 0.130. The third-order valence-electron chi connectivity index (χ3n) is 4.87. The second-order valence-electron chi connectivity index (χ2n) is 7.04.